The van der Waals surface area contributed by atoms with Gasteiger partial charge in [0, 0.05) is 5.97 Å². The molecular formula is C26H31O2P. The average molecular weight is 407 g/mol. The minimum absolute atomic E-state index is 0.972. The molecule has 0 bridgehead atoms. The lowest BCUT2D eigenvalue weighted by molar-refractivity contribution is -0.302. The SMILES string of the molecule is CC(=O)[O-].CCC[P+](c1ccccc1C)(c1ccccc1C)c1ccccc1C. The van der Waals surface area contributed by atoms with E-state index in [2.05, 4.69) is 100 Å². The van der Waals surface area contributed by atoms with Gasteiger partial charge in [0.2, 0.25) is 0 Å². The number of carboxylic acid groups (broad SMARTS) is 1. The van der Waals surface area contributed by atoms with Crippen LogP contribution in [0, 0.1) is 20.8 Å². The second-order valence-electron chi connectivity index (χ2n) is 7.38. The molecule has 0 heterocycles. The Morgan fingerprint density at radius 3 is 1.24 bits per heavy atom. The molecule has 2 nitrogen and oxygen atoms in total. The first-order valence-electron chi connectivity index (χ1n) is 10.1. The highest BCUT2D eigenvalue weighted by Gasteiger charge is 2.47. The summed E-state index contributed by atoms with van der Waals surface area (Å²) < 4.78 is 0. The second-order valence-corrected chi connectivity index (χ2v) is 10.9. The van der Waals surface area contributed by atoms with Crippen molar-refractivity contribution >= 4 is 29.1 Å². The highest BCUT2D eigenvalue weighted by molar-refractivity contribution is 7.96. The summed E-state index contributed by atoms with van der Waals surface area (Å²) in [6, 6.07) is 27.1. The fourth-order valence-electron chi connectivity index (χ4n) is 4.06. The second kappa shape index (κ2) is 10.4. The summed E-state index contributed by atoms with van der Waals surface area (Å²) >= 11 is 0. The van der Waals surface area contributed by atoms with Crippen LogP contribution in [0.3, 0.4) is 0 Å². The number of hydrogen-bond donors (Lipinski definition) is 0. The highest BCUT2D eigenvalue weighted by atomic mass is 31.2. The molecule has 152 valence electrons. The molecular weight excluding hydrogens is 375 g/mol. The summed E-state index contributed by atoms with van der Waals surface area (Å²) in [6.07, 6.45) is 2.40. The van der Waals surface area contributed by atoms with Crippen molar-refractivity contribution in [1.82, 2.24) is 0 Å². The van der Waals surface area contributed by atoms with Gasteiger partial charge in [0.25, 0.3) is 0 Å². The zero-order chi connectivity index (χ0) is 21.4. The lowest BCUT2D eigenvalue weighted by Gasteiger charge is -2.30. The Morgan fingerprint density at radius 1 is 0.724 bits per heavy atom. The molecule has 0 aromatic heterocycles. The van der Waals surface area contributed by atoms with Crippen LogP contribution in [0.4, 0.5) is 0 Å². The van der Waals surface area contributed by atoms with Crippen LogP contribution in [0.1, 0.15) is 37.0 Å². The van der Waals surface area contributed by atoms with E-state index in [1.165, 1.54) is 29.3 Å². The maximum absolute atomic E-state index is 8.89. The third-order valence-corrected chi connectivity index (χ3v) is 10.2. The van der Waals surface area contributed by atoms with Gasteiger partial charge in [-0.2, -0.15) is 0 Å². The van der Waals surface area contributed by atoms with Crippen molar-refractivity contribution in [3.63, 3.8) is 0 Å². The molecule has 0 spiro atoms. The molecule has 3 rings (SSSR count). The van der Waals surface area contributed by atoms with Crippen molar-refractivity contribution < 1.29 is 9.90 Å². The Morgan fingerprint density at radius 2 is 1.00 bits per heavy atom. The van der Waals surface area contributed by atoms with Gasteiger partial charge in [-0.1, -0.05) is 61.5 Å². The Bertz CT molecular complexity index is 847. The largest absolute Gasteiger partial charge is 0.550 e. The van der Waals surface area contributed by atoms with E-state index in [0.29, 0.717) is 0 Å². The number of aliphatic carboxylic acids is 1. The summed E-state index contributed by atoms with van der Waals surface area (Å²) in [5.41, 5.74) is 4.24. The van der Waals surface area contributed by atoms with E-state index in [0.717, 1.165) is 6.92 Å². The third-order valence-electron chi connectivity index (χ3n) is 5.14. The highest BCUT2D eigenvalue weighted by Crippen LogP contribution is 2.57. The van der Waals surface area contributed by atoms with Gasteiger partial charge in [-0.25, -0.2) is 0 Å². The number of carbonyl (C=O) groups excluding carboxylic acids is 1. The standard InChI is InChI=1S/C24H28P.C2H4O2/c1-5-18-25(22-15-9-6-12-19(22)2,23-16-10-7-13-20(23)3)24-17-11-8-14-21(24)4;1-2(3)4/h6-17H,5,18H2,1-4H3;1H3,(H,3,4)/q+1;/p-1. The number of benzene rings is 3. The van der Waals surface area contributed by atoms with Crippen LogP contribution in [0.25, 0.3) is 0 Å². The molecule has 0 aliphatic rings. The van der Waals surface area contributed by atoms with Crippen molar-refractivity contribution in [1.29, 1.82) is 0 Å². The Kier molecular flexibility index (Phi) is 8.17. The van der Waals surface area contributed by atoms with Crippen molar-refractivity contribution in [3.8, 4) is 0 Å². The van der Waals surface area contributed by atoms with Gasteiger partial charge < -0.3 is 9.90 Å². The molecule has 3 aromatic carbocycles. The molecule has 3 aromatic rings. The lowest BCUT2D eigenvalue weighted by Crippen LogP contribution is -2.36. The van der Waals surface area contributed by atoms with Gasteiger partial charge in [-0.15, -0.1) is 0 Å². The molecule has 0 atom stereocenters. The molecule has 0 saturated carbocycles. The van der Waals surface area contributed by atoms with E-state index in [9.17, 15) is 0 Å². The van der Waals surface area contributed by atoms with Gasteiger partial charge in [-0.05, 0) is 69.0 Å². The van der Waals surface area contributed by atoms with Crippen molar-refractivity contribution in [2.24, 2.45) is 0 Å². The molecule has 0 fully saturated rings. The quantitative estimate of drug-likeness (QED) is 0.599. The Labute approximate surface area is 176 Å². The summed E-state index contributed by atoms with van der Waals surface area (Å²) in [5, 5.41) is 13.5. The molecule has 0 radical (unpaired) electrons. The van der Waals surface area contributed by atoms with Crippen LogP contribution in [-0.4, -0.2) is 12.1 Å². The van der Waals surface area contributed by atoms with Crippen LogP contribution in [0.2, 0.25) is 0 Å². The number of rotatable bonds is 5. The van der Waals surface area contributed by atoms with Crippen molar-refractivity contribution in [3.05, 3.63) is 89.5 Å². The topological polar surface area (TPSA) is 40.1 Å². The number of aryl methyl sites for hydroxylation is 3. The number of hydrogen-bond acceptors (Lipinski definition) is 2. The minimum Gasteiger partial charge on any atom is -0.550 e. The normalized spacial score (nSPS) is 10.8. The maximum atomic E-state index is 8.89. The molecule has 0 N–H and O–H groups in total. The van der Waals surface area contributed by atoms with Crippen LogP contribution in [0.5, 0.6) is 0 Å². The van der Waals surface area contributed by atoms with Gasteiger partial charge in [-0.3, -0.25) is 0 Å². The van der Waals surface area contributed by atoms with E-state index >= 15 is 0 Å². The van der Waals surface area contributed by atoms with Gasteiger partial charge >= 0.3 is 0 Å². The van der Waals surface area contributed by atoms with E-state index < -0.39 is 13.2 Å². The van der Waals surface area contributed by atoms with Gasteiger partial charge in [0.05, 0.1) is 6.16 Å². The summed E-state index contributed by atoms with van der Waals surface area (Å²) in [7, 11) is -1.67. The summed E-state index contributed by atoms with van der Waals surface area (Å²) in [5.74, 6) is -1.08. The lowest BCUT2D eigenvalue weighted by atomic mass is 10.2. The smallest absolute Gasteiger partial charge is 0.112 e. The summed E-state index contributed by atoms with van der Waals surface area (Å²) in [6.45, 7) is 10.1. The predicted molar refractivity (Wildman–Crippen MR) is 125 cm³/mol. The van der Waals surface area contributed by atoms with E-state index in [-0.39, 0.29) is 0 Å². The van der Waals surface area contributed by atoms with E-state index in [1.807, 2.05) is 0 Å². The Hall–Kier alpha value is -2.44. The minimum atomic E-state index is -1.67. The average Bonchev–Trinajstić information content (AvgIpc) is 2.67. The van der Waals surface area contributed by atoms with Crippen molar-refractivity contribution in [2.75, 3.05) is 6.16 Å². The predicted octanol–water partition coefficient (Wildman–Crippen LogP) is 4.07. The molecule has 0 aliphatic heterocycles. The number of carbonyl (C=O) groups is 1. The zero-order valence-corrected chi connectivity index (χ0v) is 19.0. The van der Waals surface area contributed by atoms with Gasteiger partial charge in [0.15, 0.2) is 0 Å². The Balaban J connectivity index is 0.000000687. The molecule has 29 heavy (non-hydrogen) atoms. The maximum Gasteiger partial charge on any atom is 0.112 e. The zero-order valence-electron chi connectivity index (χ0n) is 18.1. The summed E-state index contributed by atoms with van der Waals surface area (Å²) in [4.78, 5) is 8.89. The first-order valence-corrected chi connectivity index (χ1v) is 12.1. The first kappa shape index (κ1) is 22.8. The molecule has 3 heteroatoms. The molecule has 0 unspecified atom stereocenters. The van der Waals surface area contributed by atoms with Gasteiger partial charge in [0.1, 0.15) is 23.2 Å². The van der Waals surface area contributed by atoms with E-state index in [1.54, 1.807) is 15.9 Å². The van der Waals surface area contributed by atoms with E-state index in [4.69, 9.17) is 9.90 Å². The van der Waals surface area contributed by atoms with Crippen LogP contribution >= 0.6 is 7.26 Å². The third kappa shape index (κ3) is 5.14. The van der Waals surface area contributed by atoms with Crippen LogP contribution in [0.15, 0.2) is 72.8 Å². The number of carboxylic acids is 1. The van der Waals surface area contributed by atoms with Crippen LogP contribution < -0.4 is 21.0 Å². The molecule has 0 amide bonds. The van der Waals surface area contributed by atoms with Crippen molar-refractivity contribution in [2.45, 2.75) is 41.0 Å². The molecule has 0 aliphatic carbocycles. The first-order chi connectivity index (χ1) is 13.8. The fourth-order valence-corrected chi connectivity index (χ4v) is 9.28. The van der Waals surface area contributed by atoms with Crippen LogP contribution in [-0.2, 0) is 4.79 Å². The fraction of sp³-hybridized carbons (Fsp3) is 0.269. The molecule has 0 saturated heterocycles. The monoisotopic (exact) mass is 406 g/mol.